The van der Waals surface area contributed by atoms with Crippen LogP contribution in [0.5, 0.6) is 0 Å². The van der Waals surface area contributed by atoms with E-state index in [-0.39, 0.29) is 0 Å². The maximum atomic E-state index is 9.73. The Balaban J connectivity index is 2.42. The average Bonchev–Trinajstić information content (AvgIpc) is 2.74. The number of aromatic nitrogens is 3. The van der Waals surface area contributed by atoms with Crippen molar-refractivity contribution < 1.29 is 5.11 Å². The Morgan fingerprint density at radius 1 is 1.50 bits per heavy atom. The normalized spacial score (nSPS) is 12.1. The SMILES string of the molecule is C[C@H](O)c1ccc(C#N)cc1Sc1nncn1C. The fourth-order valence-corrected chi connectivity index (χ4v) is 2.52. The molecule has 0 radical (unpaired) electrons. The van der Waals surface area contributed by atoms with Crippen LogP contribution in [0.1, 0.15) is 24.2 Å². The van der Waals surface area contributed by atoms with Crippen LogP contribution in [0.15, 0.2) is 34.6 Å². The molecule has 0 amide bonds. The number of nitrogens with zero attached hydrogens (tertiary/aromatic N) is 4. The van der Waals surface area contributed by atoms with Gasteiger partial charge < -0.3 is 9.67 Å². The maximum absolute atomic E-state index is 9.73. The van der Waals surface area contributed by atoms with Gasteiger partial charge in [-0.2, -0.15) is 5.26 Å². The van der Waals surface area contributed by atoms with Crippen molar-refractivity contribution in [1.82, 2.24) is 14.8 Å². The predicted molar refractivity (Wildman–Crippen MR) is 66.9 cm³/mol. The molecule has 0 aliphatic heterocycles. The standard InChI is InChI=1S/C12H12N4OS/c1-8(17)10-4-3-9(6-13)5-11(10)18-12-15-14-7-16(12)2/h3-5,7-8,17H,1-2H3/t8-/m0/s1. The molecular formula is C12H12N4OS. The van der Waals surface area contributed by atoms with Gasteiger partial charge in [0.05, 0.1) is 17.7 Å². The summed E-state index contributed by atoms with van der Waals surface area (Å²) in [6.07, 6.45) is 1.02. The van der Waals surface area contributed by atoms with Crippen LogP contribution in [0.3, 0.4) is 0 Å². The van der Waals surface area contributed by atoms with E-state index in [1.54, 1.807) is 36.0 Å². The van der Waals surface area contributed by atoms with Crippen molar-refractivity contribution in [2.24, 2.45) is 7.05 Å². The van der Waals surface area contributed by atoms with Crippen molar-refractivity contribution in [2.75, 3.05) is 0 Å². The highest BCUT2D eigenvalue weighted by Crippen LogP contribution is 2.32. The Hall–Kier alpha value is -1.84. The van der Waals surface area contributed by atoms with Crippen LogP contribution in [0.25, 0.3) is 0 Å². The summed E-state index contributed by atoms with van der Waals surface area (Å²) >= 11 is 1.38. The van der Waals surface area contributed by atoms with Crippen molar-refractivity contribution in [3.05, 3.63) is 35.7 Å². The lowest BCUT2D eigenvalue weighted by Gasteiger charge is -2.11. The van der Waals surface area contributed by atoms with E-state index >= 15 is 0 Å². The van der Waals surface area contributed by atoms with Gasteiger partial charge in [-0.15, -0.1) is 10.2 Å². The summed E-state index contributed by atoms with van der Waals surface area (Å²) in [6.45, 7) is 1.70. The molecular weight excluding hydrogens is 248 g/mol. The van der Waals surface area contributed by atoms with Crippen LogP contribution >= 0.6 is 11.8 Å². The summed E-state index contributed by atoms with van der Waals surface area (Å²) in [5.74, 6) is 0. The van der Waals surface area contributed by atoms with Crippen LogP contribution < -0.4 is 0 Å². The highest BCUT2D eigenvalue weighted by Gasteiger charge is 2.12. The fourth-order valence-electron chi connectivity index (χ4n) is 1.50. The monoisotopic (exact) mass is 260 g/mol. The molecule has 2 rings (SSSR count). The van der Waals surface area contributed by atoms with Gasteiger partial charge in [-0.3, -0.25) is 0 Å². The molecule has 6 heteroatoms. The summed E-state index contributed by atoms with van der Waals surface area (Å²) in [6, 6.07) is 7.30. The summed E-state index contributed by atoms with van der Waals surface area (Å²) in [7, 11) is 1.85. The highest BCUT2D eigenvalue weighted by atomic mass is 32.2. The van der Waals surface area contributed by atoms with Crippen molar-refractivity contribution in [1.29, 1.82) is 5.26 Å². The molecule has 0 saturated carbocycles. The van der Waals surface area contributed by atoms with Gasteiger partial charge in [-0.25, -0.2) is 0 Å². The Kier molecular flexibility index (Phi) is 3.65. The van der Waals surface area contributed by atoms with E-state index in [1.165, 1.54) is 11.8 Å². The van der Waals surface area contributed by atoms with Crippen molar-refractivity contribution in [3.63, 3.8) is 0 Å². The van der Waals surface area contributed by atoms with Crippen LogP contribution in [0, 0.1) is 11.3 Å². The van der Waals surface area contributed by atoms with E-state index < -0.39 is 6.10 Å². The van der Waals surface area contributed by atoms with E-state index in [4.69, 9.17) is 5.26 Å². The predicted octanol–water partition coefficient (Wildman–Crippen LogP) is 1.89. The average molecular weight is 260 g/mol. The number of benzene rings is 1. The third kappa shape index (κ3) is 2.53. The van der Waals surface area contributed by atoms with Crippen LogP contribution in [-0.4, -0.2) is 19.9 Å². The van der Waals surface area contributed by atoms with Crippen LogP contribution in [0.4, 0.5) is 0 Å². The molecule has 0 aliphatic rings. The molecule has 0 fully saturated rings. The van der Waals surface area contributed by atoms with Crippen molar-refractivity contribution in [3.8, 4) is 6.07 Å². The van der Waals surface area contributed by atoms with Gasteiger partial charge in [0.2, 0.25) is 0 Å². The lowest BCUT2D eigenvalue weighted by Crippen LogP contribution is -1.96. The zero-order chi connectivity index (χ0) is 13.1. The molecule has 1 atom stereocenters. The summed E-state index contributed by atoms with van der Waals surface area (Å²) in [5, 5.41) is 27.1. The number of hydrogen-bond acceptors (Lipinski definition) is 5. The molecule has 1 N–H and O–H groups in total. The molecule has 0 saturated heterocycles. The van der Waals surface area contributed by atoms with Crippen molar-refractivity contribution >= 4 is 11.8 Å². The smallest absolute Gasteiger partial charge is 0.195 e. The Labute approximate surface area is 109 Å². The molecule has 2 aromatic rings. The van der Waals surface area contributed by atoms with Gasteiger partial charge >= 0.3 is 0 Å². The fraction of sp³-hybridized carbons (Fsp3) is 0.250. The zero-order valence-corrected chi connectivity index (χ0v) is 10.8. The molecule has 0 aliphatic carbocycles. The van der Waals surface area contributed by atoms with Gasteiger partial charge in [0.1, 0.15) is 6.33 Å². The Morgan fingerprint density at radius 2 is 2.28 bits per heavy atom. The van der Waals surface area contributed by atoms with Gasteiger partial charge in [0.25, 0.3) is 0 Å². The number of aliphatic hydroxyl groups is 1. The number of aliphatic hydroxyl groups excluding tert-OH is 1. The summed E-state index contributed by atoms with van der Waals surface area (Å²) < 4.78 is 1.79. The Bertz CT molecular complexity index is 600. The minimum Gasteiger partial charge on any atom is -0.389 e. The minimum atomic E-state index is -0.589. The zero-order valence-electron chi connectivity index (χ0n) is 10.0. The quantitative estimate of drug-likeness (QED) is 0.912. The van der Waals surface area contributed by atoms with Gasteiger partial charge in [0.15, 0.2) is 5.16 Å². The van der Waals surface area contributed by atoms with Crippen molar-refractivity contribution in [2.45, 2.75) is 23.1 Å². The highest BCUT2D eigenvalue weighted by molar-refractivity contribution is 7.99. The molecule has 0 bridgehead atoms. The van der Waals surface area contributed by atoms with Gasteiger partial charge in [-0.1, -0.05) is 6.07 Å². The van der Waals surface area contributed by atoms with E-state index in [1.807, 2.05) is 7.05 Å². The molecule has 1 aromatic heterocycles. The third-order valence-electron chi connectivity index (χ3n) is 2.46. The first-order valence-corrected chi connectivity index (χ1v) is 6.17. The second-order valence-corrected chi connectivity index (χ2v) is 4.88. The maximum Gasteiger partial charge on any atom is 0.195 e. The molecule has 18 heavy (non-hydrogen) atoms. The molecule has 5 nitrogen and oxygen atoms in total. The van der Waals surface area contributed by atoms with E-state index in [2.05, 4.69) is 16.3 Å². The Morgan fingerprint density at radius 3 is 2.83 bits per heavy atom. The second-order valence-electron chi connectivity index (χ2n) is 3.87. The van der Waals surface area contributed by atoms with Gasteiger partial charge in [0, 0.05) is 11.9 Å². The minimum absolute atomic E-state index is 0.559. The van der Waals surface area contributed by atoms with E-state index in [9.17, 15) is 5.11 Å². The lowest BCUT2D eigenvalue weighted by atomic mass is 10.1. The number of rotatable bonds is 3. The largest absolute Gasteiger partial charge is 0.389 e. The molecule has 1 aromatic carbocycles. The number of nitriles is 1. The van der Waals surface area contributed by atoms with Crippen LogP contribution in [0.2, 0.25) is 0 Å². The first-order chi connectivity index (χ1) is 8.61. The van der Waals surface area contributed by atoms with Gasteiger partial charge in [-0.05, 0) is 36.4 Å². The number of hydrogen-bond donors (Lipinski definition) is 1. The molecule has 0 spiro atoms. The van der Waals surface area contributed by atoms with E-state index in [0.717, 1.165) is 10.5 Å². The topological polar surface area (TPSA) is 74.7 Å². The summed E-state index contributed by atoms with van der Waals surface area (Å²) in [4.78, 5) is 0.820. The van der Waals surface area contributed by atoms with Crippen LogP contribution in [-0.2, 0) is 7.05 Å². The first-order valence-electron chi connectivity index (χ1n) is 5.35. The lowest BCUT2D eigenvalue weighted by molar-refractivity contribution is 0.196. The second kappa shape index (κ2) is 5.21. The molecule has 1 heterocycles. The third-order valence-corrected chi connectivity index (χ3v) is 3.59. The summed E-state index contributed by atoms with van der Waals surface area (Å²) in [5.41, 5.74) is 1.34. The molecule has 0 unspecified atom stereocenters. The molecule has 92 valence electrons. The van der Waals surface area contributed by atoms with E-state index in [0.29, 0.717) is 10.7 Å². The number of aryl methyl sites for hydroxylation is 1. The first kappa shape index (κ1) is 12.6.